The van der Waals surface area contributed by atoms with Crippen LogP contribution in [0.3, 0.4) is 0 Å². The first-order valence-electron chi connectivity index (χ1n) is 7.50. The van der Waals surface area contributed by atoms with Crippen LogP contribution in [0, 0.1) is 22.2 Å². The van der Waals surface area contributed by atoms with Crippen molar-refractivity contribution in [1.82, 2.24) is 0 Å². The first-order valence-corrected chi connectivity index (χ1v) is 7.50. The molecule has 18 heavy (non-hydrogen) atoms. The standard InChI is InChI=1S/C17H36O/c1-14(2)11-16(5,6)13-17(7,8)12-15(3,4)9-10-18/h14,18H,9-13H2,1-8H3. The smallest absolute Gasteiger partial charge is 0.0436 e. The lowest BCUT2D eigenvalue weighted by Gasteiger charge is -2.40. The maximum absolute atomic E-state index is 9.15. The maximum atomic E-state index is 9.15. The van der Waals surface area contributed by atoms with Crippen LogP contribution in [0.4, 0.5) is 0 Å². The lowest BCUT2D eigenvalue weighted by molar-refractivity contribution is 0.0942. The van der Waals surface area contributed by atoms with Crippen LogP contribution in [-0.4, -0.2) is 11.7 Å². The van der Waals surface area contributed by atoms with Crippen molar-refractivity contribution in [3.05, 3.63) is 0 Å². The van der Waals surface area contributed by atoms with E-state index < -0.39 is 0 Å². The van der Waals surface area contributed by atoms with Crippen molar-refractivity contribution in [2.75, 3.05) is 6.61 Å². The van der Waals surface area contributed by atoms with Crippen LogP contribution in [0.1, 0.15) is 81.1 Å². The Morgan fingerprint density at radius 3 is 1.61 bits per heavy atom. The topological polar surface area (TPSA) is 20.2 Å². The predicted octanol–water partition coefficient (Wildman–Crippen LogP) is 5.27. The third-order valence-corrected chi connectivity index (χ3v) is 3.66. The highest BCUT2D eigenvalue weighted by Gasteiger charge is 2.33. The van der Waals surface area contributed by atoms with Gasteiger partial charge in [-0.1, -0.05) is 55.4 Å². The Balaban J connectivity index is 4.55. The number of rotatable bonds is 8. The zero-order valence-electron chi connectivity index (χ0n) is 14.1. The summed E-state index contributed by atoms with van der Waals surface area (Å²) in [6.07, 6.45) is 4.63. The summed E-state index contributed by atoms with van der Waals surface area (Å²) < 4.78 is 0. The third-order valence-electron chi connectivity index (χ3n) is 3.66. The molecule has 0 aliphatic rings. The summed E-state index contributed by atoms with van der Waals surface area (Å²) in [5, 5.41) is 9.15. The van der Waals surface area contributed by atoms with Crippen molar-refractivity contribution >= 4 is 0 Å². The highest BCUT2D eigenvalue weighted by Crippen LogP contribution is 2.45. The Morgan fingerprint density at radius 2 is 1.22 bits per heavy atom. The summed E-state index contributed by atoms with van der Waals surface area (Å²) in [4.78, 5) is 0. The molecule has 0 atom stereocenters. The fourth-order valence-corrected chi connectivity index (χ4v) is 4.22. The molecule has 0 heterocycles. The molecule has 1 nitrogen and oxygen atoms in total. The molecule has 0 saturated heterocycles. The predicted molar refractivity (Wildman–Crippen MR) is 81.7 cm³/mol. The Labute approximate surface area is 115 Å². The number of hydrogen-bond donors (Lipinski definition) is 1. The molecular weight excluding hydrogens is 220 g/mol. The van der Waals surface area contributed by atoms with Gasteiger partial charge in [-0.2, -0.15) is 0 Å². The van der Waals surface area contributed by atoms with Crippen LogP contribution in [-0.2, 0) is 0 Å². The molecule has 1 heteroatoms. The molecule has 1 N–H and O–H groups in total. The number of hydrogen-bond acceptors (Lipinski definition) is 1. The van der Waals surface area contributed by atoms with Gasteiger partial charge in [0.15, 0.2) is 0 Å². The molecule has 110 valence electrons. The van der Waals surface area contributed by atoms with Gasteiger partial charge in [-0.15, -0.1) is 0 Å². The molecule has 0 aliphatic heterocycles. The maximum Gasteiger partial charge on any atom is 0.0436 e. The van der Waals surface area contributed by atoms with Crippen molar-refractivity contribution in [2.24, 2.45) is 22.2 Å². The molecule has 0 radical (unpaired) electrons. The van der Waals surface area contributed by atoms with Crippen molar-refractivity contribution in [3.8, 4) is 0 Å². The van der Waals surface area contributed by atoms with Crippen molar-refractivity contribution < 1.29 is 5.11 Å². The quantitative estimate of drug-likeness (QED) is 0.627. The Kier molecular flexibility index (Phi) is 6.40. The number of aliphatic hydroxyl groups is 1. The van der Waals surface area contributed by atoms with Gasteiger partial charge in [-0.3, -0.25) is 0 Å². The fourth-order valence-electron chi connectivity index (χ4n) is 4.22. The van der Waals surface area contributed by atoms with Crippen LogP contribution in [0.25, 0.3) is 0 Å². The minimum absolute atomic E-state index is 0.242. The van der Waals surface area contributed by atoms with Crippen molar-refractivity contribution in [3.63, 3.8) is 0 Å². The number of aliphatic hydroxyl groups excluding tert-OH is 1. The van der Waals surface area contributed by atoms with Gasteiger partial charge in [0.25, 0.3) is 0 Å². The molecule has 0 spiro atoms. The second-order valence-corrected chi connectivity index (χ2v) is 8.92. The van der Waals surface area contributed by atoms with Gasteiger partial charge in [0.05, 0.1) is 0 Å². The molecule has 0 amide bonds. The second-order valence-electron chi connectivity index (χ2n) is 8.92. The van der Waals surface area contributed by atoms with Crippen LogP contribution < -0.4 is 0 Å². The highest BCUT2D eigenvalue weighted by atomic mass is 16.3. The lowest BCUT2D eigenvalue weighted by atomic mass is 9.65. The first-order chi connectivity index (χ1) is 7.89. The Morgan fingerprint density at radius 1 is 0.778 bits per heavy atom. The van der Waals surface area contributed by atoms with Gasteiger partial charge in [0.1, 0.15) is 0 Å². The van der Waals surface area contributed by atoms with Crippen LogP contribution >= 0.6 is 0 Å². The van der Waals surface area contributed by atoms with Gasteiger partial charge >= 0.3 is 0 Å². The fraction of sp³-hybridized carbons (Fsp3) is 1.00. The van der Waals surface area contributed by atoms with E-state index in [0.29, 0.717) is 17.4 Å². The molecule has 0 fully saturated rings. The van der Waals surface area contributed by atoms with Crippen molar-refractivity contribution in [2.45, 2.75) is 81.1 Å². The van der Waals surface area contributed by atoms with Gasteiger partial charge in [0.2, 0.25) is 0 Å². The van der Waals surface area contributed by atoms with Crippen molar-refractivity contribution in [1.29, 1.82) is 0 Å². The SMILES string of the molecule is CC(C)CC(C)(C)CC(C)(C)CC(C)(C)CCO. The normalized spacial score (nSPS) is 14.3. The van der Waals surface area contributed by atoms with Gasteiger partial charge in [-0.05, 0) is 47.8 Å². The molecule has 0 aromatic rings. The molecule has 0 aromatic heterocycles. The average Bonchev–Trinajstić information content (AvgIpc) is 1.93. The highest BCUT2D eigenvalue weighted by molar-refractivity contribution is 4.84. The summed E-state index contributed by atoms with van der Waals surface area (Å²) in [6.45, 7) is 19.0. The van der Waals surface area contributed by atoms with E-state index in [1.165, 1.54) is 19.3 Å². The summed E-state index contributed by atoms with van der Waals surface area (Å²) in [5.41, 5.74) is 0.996. The van der Waals surface area contributed by atoms with Crippen LogP contribution in [0.2, 0.25) is 0 Å². The summed E-state index contributed by atoms with van der Waals surface area (Å²) >= 11 is 0. The molecule has 0 saturated carbocycles. The lowest BCUT2D eigenvalue weighted by Crippen LogP contribution is -2.30. The monoisotopic (exact) mass is 256 g/mol. The van der Waals surface area contributed by atoms with E-state index in [4.69, 9.17) is 5.11 Å². The molecular formula is C17H36O. The van der Waals surface area contributed by atoms with Crippen LogP contribution in [0.15, 0.2) is 0 Å². The summed E-state index contributed by atoms with van der Waals surface area (Å²) in [5.74, 6) is 0.765. The summed E-state index contributed by atoms with van der Waals surface area (Å²) in [6, 6.07) is 0. The third kappa shape index (κ3) is 8.13. The zero-order valence-corrected chi connectivity index (χ0v) is 14.1. The van der Waals surface area contributed by atoms with E-state index in [2.05, 4.69) is 55.4 Å². The molecule has 0 unspecified atom stereocenters. The van der Waals surface area contributed by atoms with E-state index in [1.807, 2.05) is 0 Å². The van der Waals surface area contributed by atoms with E-state index in [0.717, 1.165) is 12.3 Å². The van der Waals surface area contributed by atoms with E-state index in [9.17, 15) is 0 Å². The van der Waals surface area contributed by atoms with Gasteiger partial charge in [-0.25, -0.2) is 0 Å². The average molecular weight is 256 g/mol. The van der Waals surface area contributed by atoms with Gasteiger partial charge < -0.3 is 5.11 Å². The second kappa shape index (κ2) is 6.41. The molecule has 0 aromatic carbocycles. The zero-order chi connectivity index (χ0) is 14.6. The van der Waals surface area contributed by atoms with Gasteiger partial charge in [0, 0.05) is 6.61 Å². The van der Waals surface area contributed by atoms with E-state index in [-0.39, 0.29) is 5.41 Å². The molecule has 0 rings (SSSR count). The molecule has 0 bridgehead atoms. The Hall–Kier alpha value is -0.0400. The molecule has 0 aliphatic carbocycles. The minimum Gasteiger partial charge on any atom is -0.396 e. The van der Waals surface area contributed by atoms with E-state index >= 15 is 0 Å². The first kappa shape index (κ1) is 18.0. The summed E-state index contributed by atoms with van der Waals surface area (Å²) in [7, 11) is 0. The van der Waals surface area contributed by atoms with Crippen LogP contribution in [0.5, 0.6) is 0 Å². The Bertz CT molecular complexity index is 236. The van der Waals surface area contributed by atoms with E-state index in [1.54, 1.807) is 0 Å². The largest absolute Gasteiger partial charge is 0.396 e. The minimum atomic E-state index is 0.242.